The largest absolute Gasteiger partial charge is 0.478 e. The van der Waals surface area contributed by atoms with E-state index >= 15 is 0 Å². The van der Waals surface area contributed by atoms with Gasteiger partial charge in [0, 0.05) is 0 Å². The number of ether oxygens (including phenoxy) is 1. The molecule has 0 aliphatic carbocycles. The molecule has 2 aromatic carbocycles. The summed E-state index contributed by atoms with van der Waals surface area (Å²) in [6.45, 7) is -0.161. The number of hydrogen-bond donors (Lipinski definition) is 2. The Labute approximate surface area is 162 Å². The number of nitrogens with two attached hydrogens (primary N) is 1. The molecule has 28 heavy (non-hydrogen) atoms. The van der Waals surface area contributed by atoms with Gasteiger partial charge in [0.25, 0.3) is 10.1 Å². The van der Waals surface area contributed by atoms with Crippen LogP contribution in [0, 0.1) is 0 Å². The molecule has 11 heteroatoms. The van der Waals surface area contributed by atoms with E-state index in [-0.39, 0.29) is 36.3 Å². The smallest absolute Gasteiger partial charge is 0.335 e. The second-order valence-corrected chi connectivity index (χ2v) is 9.03. The summed E-state index contributed by atoms with van der Waals surface area (Å²) in [5.74, 6) is -1.13. The van der Waals surface area contributed by atoms with Crippen molar-refractivity contribution in [2.45, 2.75) is 17.7 Å². The molecule has 0 heterocycles. The number of para-hydroxylation sites is 1. The molecule has 0 spiro atoms. The summed E-state index contributed by atoms with van der Waals surface area (Å²) in [4.78, 5) is 10.9. The molecule has 0 aliphatic rings. The first-order chi connectivity index (χ1) is 13.0. The minimum Gasteiger partial charge on any atom is -0.478 e. The van der Waals surface area contributed by atoms with Crippen molar-refractivity contribution in [2.75, 3.05) is 12.9 Å². The van der Waals surface area contributed by atoms with Gasteiger partial charge in [-0.1, -0.05) is 18.2 Å². The summed E-state index contributed by atoms with van der Waals surface area (Å²) < 4.78 is 56.5. The van der Waals surface area contributed by atoms with E-state index in [0.717, 1.165) is 12.3 Å². The van der Waals surface area contributed by atoms with Crippen LogP contribution in [0.15, 0.2) is 47.4 Å². The van der Waals surface area contributed by atoms with E-state index in [9.17, 15) is 26.7 Å². The standard InChI is InChI=1S/C17H19NO8S2/c1-27(21,22)25-9-5-6-12-10-13(17(19)20)11-15(28(18,23)24)16(12)26-14-7-3-2-4-8-14/h2-4,7-8,10-11H,5-6,9H2,1H3,(H,19,20)(H2,18,23,24). The van der Waals surface area contributed by atoms with Gasteiger partial charge in [-0.15, -0.1) is 0 Å². The Morgan fingerprint density at radius 1 is 1.11 bits per heavy atom. The van der Waals surface area contributed by atoms with Crippen LogP contribution in [-0.2, 0) is 30.7 Å². The molecule has 2 aromatic rings. The van der Waals surface area contributed by atoms with Gasteiger partial charge in [-0.3, -0.25) is 4.18 Å². The number of carbonyl (C=O) groups is 1. The molecule has 0 aromatic heterocycles. The van der Waals surface area contributed by atoms with E-state index in [1.807, 2.05) is 0 Å². The lowest BCUT2D eigenvalue weighted by atomic mass is 10.0. The van der Waals surface area contributed by atoms with Crippen molar-refractivity contribution in [3.63, 3.8) is 0 Å². The van der Waals surface area contributed by atoms with Crippen LogP contribution < -0.4 is 9.88 Å². The summed E-state index contributed by atoms with van der Waals surface area (Å²) in [5, 5.41) is 14.5. The van der Waals surface area contributed by atoms with Gasteiger partial charge in [0.2, 0.25) is 10.0 Å². The van der Waals surface area contributed by atoms with E-state index in [0.29, 0.717) is 5.75 Å². The predicted molar refractivity (Wildman–Crippen MR) is 100 cm³/mol. The summed E-state index contributed by atoms with van der Waals surface area (Å²) in [5.41, 5.74) is -0.0478. The number of hydrogen-bond acceptors (Lipinski definition) is 7. The molecule has 0 amide bonds. The molecule has 0 bridgehead atoms. The highest BCUT2D eigenvalue weighted by Crippen LogP contribution is 2.34. The molecular formula is C17H19NO8S2. The summed E-state index contributed by atoms with van der Waals surface area (Å²) >= 11 is 0. The Morgan fingerprint density at radius 3 is 2.29 bits per heavy atom. The van der Waals surface area contributed by atoms with Crippen molar-refractivity contribution in [1.82, 2.24) is 0 Å². The molecule has 0 radical (unpaired) electrons. The minimum atomic E-state index is -4.30. The highest BCUT2D eigenvalue weighted by atomic mass is 32.2. The molecule has 0 atom stereocenters. The maximum absolute atomic E-state index is 12.0. The lowest BCUT2D eigenvalue weighted by Crippen LogP contribution is -2.16. The van der Waals surface area contributed by atoms with E-state index < -0.39 is 31.0 Å². The number of rotatable bonds is 9. The quantitative estimate of drug-likeness (QED) is 0.452. The van der Waals surface area contributed by atoms with Gasteiger partial charge in [-0.2, -0.15) is 8.42 Å². The predicted octanol–water partition coefficient (Wildman–Crippen LogP) is 1.73. The Kier molecular flexibility index (Phi) is 6.77. The molecule has 0 saturated carbocycles. The van der Waals surface area contributed by atoms with Crippen LogP contribution >= 0.6 is 0 Å². The van der Waals surface area contributed by atoms with Crippen molar-refractivity contribution in [3.05, 3.63) is 53.6 Å². The van der Waals surface area contributed by atoms with Crippen molar-refractivity contribution >= 4 is 26.1 Å². The Morgan fingerprint density at radius 2 is 1.75 bits per heavy atom. The van der Waals surface area contributed by atoms with Crippen molar-refractivity contribution in [2.24, 2.45) is 5.14 Å². The first kappa shape index (κ1) is 21.8. The fraction of sp³-hybridized carbons (Fsp3) is 0.235. The minimum absolute atomic E-state index is 0.0985. The third-order valence-electron chi connectivity index (χ3n) is 3.54. The van der Waals surface area contributed by atoms with Crippen molar-refractivity contribution < 1.29 is 35.7 Å². The zero-order chi connectivity index (χ0) is 20.9. The SMILES string of the molecule is CS(=O)(=O)OCCCc1cc(C(=O)O)cc(S(N)(=O)=O)c1Oc1ccccc1. The molecule has 9 nitrogen and oxygen atoms in total. The van der Waals surface area contributed by atoms with Crippen LogP contribution in [0.1, 0.15) is 22.3 Å². The summed E-state index contributed by atoms with van der Waals surface area (Å²) in [7, 11) is -7.93. The van der Waals surface area contributed by atoms with Crippen LogP contribution in [0.4, 0.5) is 0 Å². The third kappa shape index (κ3) is 6.30. The third-order valence-corrected chi connectivity index (χ3v) is 5.05. The molecule has 152 valence electrons. The maximum Gasteiger partial charge on any atom is 0.335 e. The van der Waals surface area contributed by atoms with E-state index in [4.69, 9.17) is 9.88 Å². The highest BCUT2D eigenvalue weighted by Gasteiger charge is 2.23. The van der Waals surface area contributed by atoms with Crippen molar-refractivity contribution in [1.29, 1.82) is 0 Å². The molecule has 0 aliphatic heterocycles. The first-order valence-corrected chi connectivity index (χ1v) is 11.3. The first-order valence-electron chi connectivity index (χ1n) is 7.97. The number of aryl methyl sites for hydroxylation is 1. The topological polar surface area (TPSA) is 150 Å². The van der Waals surface area contributed by atoms with Gasteiger partial charge in [0.05, 0.1) is 18.4 Å². The van der Waals surface area contributed by atoms with Crippen LogP contribution in [-0.4, -0.2) is 40.8 Å². The molecule has 0 fully saturated rings. The van der Waals surface area contributed by atoms with Gasteiger partial charge in [-0.25, -0.2) is 18.4 Å². The molecule has 2 rings (SSSR count). The second-order valence-electron chi connectivity index (χ2n) is 5.86. The fourth-order valence-corrected chi connectivity index (χ4v) is 3.52. The molecule has 0 unspecified atom stereocenters. The number of carboxylic acid groups (broad SMARTS) is 1. The van der Waals surface area contributed by atoms with Crippen molar-refractivity contribution in [3.8, 4) is 11.5 Å². The lowest BCUT2D eigenvalue weighted by molar-refractivity contribution is 0.0696. The van der Waals surface area contributed by atoms with Crippen LogP contribution in [0.25, 0.3) is 0 Å². The van der Waals surface area contributed by atoms with Gasteiger partial charge < -0.3 is 9.84 Å². The Balaban J connectivity index is 2.48. The number of aromatic carboxylic acids is 1. The van der Waals surface area contributed by atoms with Crippen LogP contribution in [0.5, 0.6) is 11.5 Å². The Bertz CT molecular complexity index is 1060. The number of benzene rings is 2. The lowest BCUT2D eigenvalue weighted by Gasteiger charge is -2.16. The second kappa shape index (κ2) is 8.69. The number of primary sulfonamides is 1. The zero-order valence-corrected chi connectivity index (χ0v) is 16.5. The molecule has 0 saturated heterocycles. The Hall–Kier alpha value is -2.47. The van der Waals surface area contributed by atoms with Gasteiger partial charge in [0.15, 0.2) is 5.75 Å². The van der Waals surface area contributed by atoms with E-state index in [2.05, 4.69) is 4.18 Å². The highest BCUT2D eigenvalue weighted by molar-refractivity contribution is 7.89. The zero-order valence-electron chi connectivity index (χ0n) is 14.9. The normalized spacial score (nSPS) is 11.9. The van der Waals surface area contributed by atoms with E-state index in [1.165, 1.54) is 6.07 Å². The average molecular weight is 429 g/mol. The van der Waals surface area contributed by atoms with Gasteiger partial charge in [-0.05, 0) is 42.7 Å². The molecular weight excluding hydrogens is 410 g/mol. The molecule has 3 N–H and O–H groups in total. The number of carboxylic acids is 1. The monoisotopic (exact) mass is 429 g/mol. The average Bonchev–Trinajstić information content (AvgIpc) is 2.58. The maximum atomic E-state index is 12.0. The van der Waals surface area contributed by atoms with Gasteiger partial charge in [0.1, 0.15) is 10.6 Å². The van der Waals surface area contributed by atoms with Gasteiger partial charge >= 0.3 is 5.97 Å². The van der Waals surface area contributed by atoms with E-state index in [1.54, 1.807) is 30.3 Å². The van der Waals surface area contributed by atoms with Crippen LogP contribution in [0.2, 0.25) is 0 Å². The fourth-order valence-electron chi connectivity index (χ4n) is 2.38. The summed E-state index contributed by atoms with van der Waals surface area (Å²) in [6, 6.07) is 10.5. The van der Waals surface area contributed by atoms with Crippen LogP contribution in [0.3, 0.4) is 0 Å². The summed E-state index contributed by atoms with van der Waals surface area (Å²) in [6.07, 6.45) is 1.17. The number of sulfonamides is 1.